The quantitative estimate of drug-likeness (QED) is 0.829. The monoisotopic (exact) mass is 371 g/mol. The van der Waals surface area contributed by atoms with Gasteiger partial charge in [0, 0.05) is 43.9 Å². The summed E-state index contributed by atoms with van der Waals surface area (Å²) in [4.78, 5) is 31.3. The average molecular weight is 371 g/mol. The van der Waals surface area contributed by atoms with Crippen LogP contribution in [0, 0.1) is 12.8 Å². The maximum Gasteiger partial charge on any atom is 0.274 e. The molecular weight excluding hydrogens is 342 g/mol. The highest BCUT2D eigenvalue weighted by atomic mass is 16.2. The largest absolute Gasteiger partial charge is 0.337 e. The summed E-state index contributed by atoms with van der Waals surface area (Å²) in [6.07, 6.45) is 3.42. The van der Waals surface area contributed by atoms with E-state index in [1.807, 2.05) is 24.9 Å². The summed E-state index contributed by atoms with van der Waals surface area (Å²) in [5.74, 6) is 0.366. The molecule has 1 fully saturated rings. The first-order valence-corrected chi connectivity index (χ1v) is 9.52. The number of hydrogen-bond donors (Lipinski definition) is 0. The molecule has 7 nitrogen and oxygen atoms in total. The van der Waals surface area contributed by atoms with E-state index >= 15 is 0 Å². The lowest BCUT2D eigenvalue weighted by molar-refractivity contribution is 0.0675. The molecule has 1 aliphatic heterocycles. The zero-order valence-electron chi connectivity index (χ0n) is 16.9. The van der Waals surface area contributed by atoms with E-state index in [1.54, 1.807) is 21.6 Å². The number of likely N-dealkylation sites (tertiary alicyclic amines) is 1. The van der Waals surface area contributed by atoms with Crippen LogP contribution in [0.2, 0.25) is 0 Å². The van der Waals surface area contributed by atoms with Crippen LogP contribution in [0.25, 0.3) is 0 Å². The van der Waals surface area contributed by atoms with Crippen molar-refractivity contribution in [3.63, 3.8) is 0 Å². The zero-order chi connectivity index (χ0) is 19.8. The lowest BCUT2D eigenvalue weighted by Gasteiger charge is -2.31. The Morgan fingerprint density at radius 2 is 1.89 bits per heavy atom. The summed E-state index contributed by atoms with van der Waals surface area (Å²) in [5.41, 5.74) is 2.16. The number of aryl methyl sites for hydroxylation is 2. The van der Waals surface area contributed by atoms with Crippen LogP contribution in [0.5, 0.6) is 0 Å². The van der Waals surface area contributed by atoms with Crippen molar-refractivity contribution in [1.82, 2.24) is 24.2 Å². The van der Waals surface area contributed by atoms with Crippen molar-refractivity contribution in [1.29, 1.82) is 0 Å². The molecule has 146 valence electrons. The first-order chi connectivity index (χ1) is 12.6. The summed E-state index contributed by atoms with van der Waals surface area (Å²) in [5, 5.41) is 4.28. The Labute approximate surface area is 160 Å². The van der Waals surface area contributed by atoms with Crippen molar-refractivity contribution in [2.45, 2.75) is 52.5 Å². The van der Waals surface area contributed by atoms with Crippen molar-refractivity contribution in [3.8, 4) is 0 Å². The summed E-state index contributed by atoms with van der Waals surface area (Å²) >= 11 is 0. The van der Waals surface area contributed by atoms with Crippen molar-refractivity contribution >= 4 is 5.91 Å². The van der Waals surface area contributed by atoms with E-state index in [9.17, 15) is 9.59 Å². The molecule has 0 radical (unpaired) electrons. The Morgan fingerprint density at radius 1 is 1.22 bits per heavy atom. The lowest BCUT2D eigenvalue weighted by atomic mass is 9.92. The van der Waals surface area contributed by atoms with E-state index in [-0.39, 0.29) is 16.9 Å². The number of carbonyl (C=O) groups excluding carboxylic acids is 1. The van der Waals surface area contributed by atoms with Crippen LogP contribution in [0.4, 0.5) is 0 Å². The van der Waals surface area contributed by atoms with Crippen molar-refractivity contribution in [3.05, 3.63) is 45.9 Å². The van der Waals surface area contributed by atoms with Gasteiger partial charge < -0.3 is 4.90 Å². The van der Waals surface area contributed by atoms with Crippen LogP contribution >= 0.6 is 0 Å². The Bertz CT molecular complexity index is 863. The van der Waals surface area contributed by atoms with Gasteiger partial charge in [0.1, 0.15) is 0 Å². The normalized spacial score (nSPS) is 16.0. The Morgan fingerprint density at radius 3 is 2.41 bits per heavy atom. The smallest absolute Gasteiger partial charge is 0.274 e. The third-order valence-corrected chi connectivity index (χ3v) is 5.34. The van der Waals surface area contributed by atoms with Crippen LogP contribution in [-0.2, 0) is 19.0 Å². The second-order valence-corrected chi connectivity index (χ2v) is 8.54. The molecule has 0 N–H and O–H groups in total. The Hall–Kier alpha value is -2.44. The highest BCUT2D eigenvalue weighted by molar-refractivity contribution is 5.92. The first-order valence-electron chi connectivity index (χ1n) is 9.52. The molecule has 1 amide bonds. The maximum absolute atomic E-state index is 12.6. The number of piperidine rings is 1. The van der Waals surface area contributed by atoms with E-state index < -0.39 is 0 Å². The van der Waals surface area contributed by atoms with Crippen LogP contribution in [0.1, 0.15) is 55.5 Å². The highest BCUT2D eigenvalue weighted by Crippen LogP contribution is 2.21. The van der Waals surface area contributed by atoms with E-state index in [4.69, 9.17) is 0 Å². The predicted molar refractivity (Wildman–Crippen MR) is 104 cm³/mol. The highest BCUT2D eigenvalue weighted by Gasteiger charge is 2.26. The molecule has 7 heteroatoms. The fourth-order valence-electron chi connectivity index (χ4n) is 3.40. The number of carbonyl (C=O) groups is 1. The molecule has 0 aromatic carbocycles. The molecular formula is C20H29N5O2. The fraction of sp³-hybridized carbons (Fsp3) is 0.600. The minimum absolute atomic E-state index is 0.00242. The predicted octanol–water partition coefficient (Wildman–Crippen LogP) is 2.14. The van der Waals surface area contributed by atoms with Gasteiger partial charge in [0.05, 0.1) is 12.0 Å². The Kier molecular flexibility index (Phi) is 5.22. The minimum atomic E-state index is -0.131. The molecule has 0 saturated carbocycles. The van der Waals surface area contributed by atoms with Gasteiger partial charge in [-0.3, -0.25) is 18.8 Å². The van der Waals surface area contributed by atoms with Gasteiger partial charge in [-0.15, -0.1) is 0 Å². The number of nitrogens with zero attached hydrogens (tertiary/aromatic N) is 5. The number of amides is 1. The Balaban J connectivity index is 1.60. The average Bonchev–Trinajstić information content (AvgIpc) is 2.95. The summed E-state index contributed by atoms with van der Waals surface area (Å²) < 4.78 is 3.42. The van der Waals surface area contributed by atoms with Crippen LogP contribution in [-0.4, -0.2) is 43.2 Å². The van der Waals surface area contributed by atoms with Crippen molar-refractivity contribution in [2.75, 3.05) is 13.1 Å². The summed E-state index contributed by atoms with van der Waals surface area (Å²) in [6.45, 7) is 10.1. The second kappa shape index (κ2) is 7.29. The molecule has 0 bridgehead atoms. The molecule has 27 heavy (non-hydrogen) atoms. The van der Waals surface area contributed by atoms with Crippen molar-refractivity contribution in [2.24, 2.45) is 13.0 Å². The molecule has 0 aliphatic carbocycles. The van der Waals surface area contributed by atoms with Crippen LogP contribution in [0.3, 0.4) is 0 Å². The molecule has 1 saturated heterocycles. The molecule has 0 atom stereocenters. The zero-order valence-corrected chi connectivity index (χ0v) is 16.9. The van der Waals surface area contributed by atoms with Gasteiger partial charge >= 0.3 is 0 Å². The van der Waals surface area contributed by atoms with E-state index in [0.29, 0.717) is 31.2 Å². The molecule has 0 spiro atoms. The lowest BCUT2D eigenvalue weighted by Crippen LogP contribution is -2.40. The van der Waals surface area contributed by atoms with Gasteiger partial charge in [-0.2, -0.15) is 5.10 Å². The molecule has 3 rings (SSSR count). The van der Waals surface area contributed by atoms with Gasteiger partial charge in [-0.05, 0) is 31.7 Å². The molecule has 1 aliphatic rings. The third-order valence-electron chi connectivity index (χ3n) is 5.34. The van der Waals surface area contributed by atoms with Gasteiger partial charge in [0.15, 0.2) is 5.69 Å². The topological polar surface area (TPSA) is 73.0 Å². The summed E-state index contributed by atoms with van der Waals surface area (Å²) in [6, 6.07) is 3.47. The van der Waals surface area contributed by atoms with E-state index in [2.05, 4.69) is 30.9 Å². The summed E-state index contributed by atoms with van der Waals surface area (Å²) in [7, 11) is 1.84. The number of rotatable bonds is 3. The molecule has 2 aromatic rings. The SMILES string of the molecule is Cc1cc(C(=O)N2CCC(Cn3cnc(C(C)(C)C)cc3=O)CC2)nn1C. The minimum Gasteiger partial charge on any atom is -0.337 e. The third kappa shape index (κ3) is 4.28. The van der Waals surface area contributed by atoms with Gasteiger partial charge in [-0.1, -0.05) is 20.8 Å². The van der Waals surface area contributed by atoms with Gasteiger partial charge in [0.25, 0.3) is 11.5 Å². The maximum atomic E-state index is 12.6. The van der Waals surface area contributed by atoms with Gasteiger partial charge in [0.2, 0.25) is 0 Å². The molecule has 3 heterocycles. The van der Waals surface area contributed by atoms with E-state index in [0.717, 1.165) is 24.2 Å². The number of hydrogen-bond acceptors (Lipinski definition) is 4. The second-order valence-electron chi connectivity index (χ2n) is 8.54. The fourth-order valence-corrected chi connectivity index (χ4v) is 3.40. The number of aromatic nitrogens is 4. The van der Waals surface area contributed by atoms with Gasteiger partial charge in [-0.25, -0.2) is 4.98 Å². The van der Waals surface area contributed by atoms with Crippen molar-refractivity contribution < 1.29 is 4.79 Å². The standard InChI is InChI=1S/C20H29N5O2/c1-14-10-16(22-23(14)5)19(27)24-8-6-15(7-9-24)12-25-13-21-17(11-18(25)26)20(2,3)4/h10-11,13,15H,6-9,12H2,1-5H3. The molecule has 0 unspecified atom stereocenters. The van der Waals surface area contributed by atoms with Crippen LogP contribution < -0.4 is 5.56 Å². The van der Waals surface area contributed by atoms with E-state index in [1.165, 1.54) is 0 Å². The first kappa shape index (κ1) is 19.3. The van der Waals surface area contributed by atoms with Crippen LogP contribution in [0.15, 0.2) is 23.3 Å². The molecule has 2 aromatic heterocycles.